The van der Waals surface area contributed by atoms with Crippen molar-refractivity contribution in [2.75, 3.05) is 7.11 Å². The molecule has 5 fully saturated rings. The number of methoxy groups -OCH3 is 1. The molecule has 5 heteroatoms. The smallest absolute Gasteiger partial charge is 0.309 e. The zero-order valence-electron chi connectivity index (χ0n) is 18.3. The molecule has 2 spiro atoms. The first-order chi connectivity index (χ1) is 14.2. The highest BCUT2D eigenvalue weighted by Gasteiger charge is 2.81. The van der Waals surface area contributed by atoms with Crippen molar-refractivity contribution in [3.05, 3.63) is 11.6 Å². The maximum atomic E-state index is 13.1. The highest BCUT2D eigenvalue weighted by Crippen LogP contribution is 2.85. The Labute approximate surface area is 177 Å². The molecule has 4 saturated carbocycles. The van der Waals surface area contributed by atoms with Gasteiger partial charge in [-0.3, -0.25) is 14.4 Å². The van der Waals surface area contributed by atoms with Crippen LogP contribution in [0.25, 0.3) is 0 Å². The van der Waals surface area contributed by atoms with Crippen molar-refractivity contribution < 1.29 is 23.9 Å². The first-order valence-electron chi connectivity index (χ1n) is 11.7. The summed E-state index contributed by atoms with van der Waals surface area (Å²) in [7, 11) is 1.49. The lowest BCUT2D eigenvalue weighted by Crippen LogP contribution is -2.59. The molecular weight excluding hydrogens is 380 g/mol. The number of ether oxygens (including phenoxy) is 2. The zero-order valence-corrected chi connectivity index (χ0v) is 18.3. The number of carbonyl (C=O) groups is 3. The second kappa shape index (κ2) is 5.58. The van der Waals surface area contributed by atoms with Gasteiger partial charge in [0.2, 0.25) is 0 Å². The van der Waals surface area contributed by atoms with Gasteiger partial charge in [0, 0.05) is 18.3 Å². The molecule has 6 aliphatic rings. The van der Waals surface area contributed by atoms with E-state index in [9.17, 15) is 14.4 Å². The van der Waals surface area contributed by atoms with Crippen molar-refractivity contribution in [2.45, 2.75) is 77.2 Å². The molecule has 0 amide bonds. The van der Waals surface area contributed by atoms with Gasteiger partial charge in [-0.05, 0) is 79.6 Å². The molecule has 6 rings (SSSR count). The molecule has 8 atom stereocenters. The molecule has 0 N–H and O–H groups in total. The molecule has 1 aliphatic heterocycles. The summed E-state index contributed by atoms with van der Waals surface area (Å²) in [6, 6.07) is 0. The molecule has 1 saturated heterocycles. The molecule has 4 unspecified atom stereocenters. The largest absolute Gasteiger partial charge is 0.469 e. The first-order valence-corrected chi connectivity index (χ1v) is 11.7. The minimum absolute atomic E-state index is 0.00417. The van der Waals surface area contributed by atoms with E-state index in [1.54, 1.807) is 0 Å². The minimum Gasteiger partial charge on any atom is -0.469 e. The van der Waals surface area contributed by atoms with Crippen LogP contribution in [0.3, 0.4) is 0 Å². The maximum Gasteiger partial charge on any atom is 0.309 e. The van der Waals surface area contributed by atoms with Gasteiger partial charge >= 0.3 is 11.9 Å². The third kappa shape index (κ3) is 1.94. The van der Waals surface area contributed by atoms with E-state index in [4.69, 9.17) is 9.47 Å². The summed E-state index contributed by atoms with van der Waals surface area (Å²) in [6.07, 6.45) is 9.53. The van der Waals surface area contributed by atoms with Crippen LogP contribution in [0, 0.1) is 39.9 Å². The summed E-state index contributed by atoms with van der Waals surface area (Å²) in [5.41, 5.74) is 0.877. The second-order valence-corrected chi connectivity index (χ2v) is 11.5. The van der Waals surface area contributed by atoms with Crippen LogP contribution < -0.4 is 0 Å². The average Bonchev–Trinajstić information content (AvgIpc) is 3.20. The highest BCUT2D eigenvalue weighted by molar-refractivity contribution is 5.92. The lowest BCUT2D eigenvalue weighted by Gasteiger charge is -2.61. The van der Waals surface area contributed by atoms with E-state index in [0.717, 1.165) is 38.5 Å². The summed E-state index contributed by atoms with van der Waals surface area (Å²) in [5.74, 6) is 0.982. The summed E-state index contributed by atoms with van der Waals surface area (Å²) in [6.45, 7) is 4.71. The minimum atomic E-state index is -0.344. The Kier molecular flexibility index (Phi) is 3.54. The molecule has 5 nitrogen and oxygen atoms in total. The lowest BCUT2D eigenvalue weighted by atomic mass is 9.43. The van der Waals surface area contributed by atoms with Gasteiger partial charge in [-0.1, -0.05) is 19.4 Å². The van der Waals surface area contributed by atoms with E-state index < -0.39 is 0 Å². The molecule has 0 bridgehead atoms. The molecule has 0 radical (unpaired) electrons. The third-order valence-corrected chi connectivity index (χ3v) is 10.9. The fourth-order valence-electron chi connectivity index (χ4n) is 9.53. The number of hydrogen-bond donors (Lipinski definition) is 0. The topological polar surface area (TPSA) is 69.7 Å². The third-order valence-electron chi connectivity index (χ3n) is 10.9. The Balaban J connectivity index is 1.49. The van der Waals surface area contributed by atoms with E-state index in [0.29, 0.717) is 31.1 Å². The molecule has 1 heterocycles. The van der Waals surface area contributed by atoms with E-state index in [1.165, 1.54) is 12.7 Å². The van der Waals surface area contributed by atoms with Gasteiger partial charge in [0.1, 0.15) is 5.60 Å². The Morgan fingerprint density at radius 2 is 1.93 bits per heavy atom. The van der Waals surface area contributed by atoms with Gasteiger partial charge in [0.25, 0.3) is 0 Å². The van der Waals surface area contributed by atoms with Gasteiger partial charge in [-0.2, -0.15) is 0 Å². The quantitative estimate of drug-likeness (QED) is 0.609. The van der Waals surface area contributed by atoms with Gasteiger partial charge in [0.05, 0.1) is 13.0 Å². The van der Waals surface area contributed by atoms with E-state index in [2.05, 4.69) is 13.8 Å². The summed E-state index contributed by atoms with van der Waals surface area (Å²) in [4.78, 5) is 37.5. The van der Waals surface area contributed by atoms with Gasteiger partial charge in [-0.25, -0.2) is 0 Å². The molecule has 0 aromatic rings. The Morgan fingerprint density at radius 1 is 1.13 bits per heavy atom. The van der Waals surface area contributed by atoms with Crippen LogP contribution in [0.5, 0.6) is 0 Å². The van der Waals surface area contributed by atoms with E-state index >= 15 is 0 Å². The zero-order chi connectivity index (χ0) is 21.1. The van der Waals surface area contributed by atoms with Crippen molar-refractivity contribution in [1.29, 1.82) is 0 Å². The SMILES string of the molecule is COC(=O)[C@@H]1CC2=CC(=O)CCC2(C)[C@@]23CC2CC2(C)[C@@H](CC[C@@]24CCC(=O)O4)C13. The number of rotatable bonds is 1. The molecule has 0 aromatic heterocycles. The fourth-order valence-corrected chi connectivity index (χ4v) is 9.53. The summed E-state index contributed by atoms with van der Waals surface area (Å²) < 4.78 is 11.4. The first kappa shape index (κ1) is 19.1. The van der Waals surface area contributed by atoms with Gasteiger partial charge in [0.15, 0.2) is 5.78 Å². The Morgan fingerprint density at radius 3 is 2.63 bits per heavy atom. The number of fused-ring (bicyclic) bond motifs is 4. The predicted octanol–water partition coefficient (Wildman–Crippen LogP) is 3.99. The highest BCUT2D eigenvalue weighted by atomic mass is 16.6. The molecule has 5 aliphatic carbocycles. The number of ketones is 1. The maximum absolute atomic E-state index is 13.1. The monoisotopic (exact) mass is 412 g/mol. The van der Waals surface area contributed by atoms with Crippen LogP contribution in [0.4, 0.5) is 0 Å². The lowest BCUT2D eigenvalue weighted by molar-refractivity contribution is -0.179. The van der Waals surface area contributed by atoms with Crippen LogP contribution in [-0.4, -0.2) is 30.4 Å². The molecule has 30 heavy (non-hydrogen) atoms. The molecule has 0 aromatic carbocycles. The second-order valence-electron chi connectivity index (χ2n) is 11.5. The van der Waals surface area contributed by atoms with Gasteiger partial charge < -0.3 is 9.47 Å². The van der Waals surface area contributed by atoms with Crippen LogP contribution in [0.1, 0.15) is 71.6 Å². The van der Waals surface area contributed by atoms with Gasteiger partial charge in [-0.15, -0.1) is 0 Å². The molecular formula is C25H32O5. The summed E-state index contributed by atoms with van der Waals surface area (Å²) in [5, 5.41) is 0. The van der Waals surface area contributed by atoms with E-state index in [1.807, 2.05) is 6.08 Å². The number of allylic oxidation sites excluding steroid dienone is 1. The molecule has 162 valence electrons. The van der Waals surface area contributed by atoms with E-state index in [-0.39, 0.29) is 51.4 Å². The van der Waals surface area contributed by atoms with Crippen LogP contribution >= 0.6 is 0 Å². The van der Waals surface area contributed by atoms with Crippen LogP contribution in [0.15, 0.2) is 11.6 Å². The van der Waals surface area contributed by atoms with Crippen LogP contribution in [0.2, 0.25) is 0 Å². The standard InChI is InChI=1S/C25H32O5/c1-22-7-4-16(26)10-14(22)11-17(21(28)29-3)20-18-5-8-24(9-6-19(27)30-24)23(18,2)12-15-13-25(15,20)22/h10,15,17-18,20H,4-9,11-13H2,1-3H3/t15?,17-,18+,20?,22?,23?,24-,25+/m1/s1. The van der Waals surface area contributed by atoms with Crippen molar-refractivity contribution in [2.24, 2.45) is 39.9 Å². The normalized spacial score (nSPS) is 53.2. The van der Waals surface area contributed by atoms with Crippen molar-refractivity contribution >= 4 is 17.7 Å². The summed E-state index contributed by atoms with van der Waals surface area (Å²) >= 11 is 0. The Hall–Kier alpha value is -1.65. The number of carbonyl (C=O) groups excluding carboxylic acids is 3. The van der Waals surface area contributed by atoms with Crippen molar-refractivity contribution in [1.82, 2.24) is 0 Å². The van der Waals surface area contributed by atoms with Crippen LogP contribution in [-0.2, 0) is 23.9 Å². The van der Waals surface area contributed by atoms with Crippen molar-refractivity contribution in [3.8, 4) is 0 Å². The average molecular weight is 413 g/mol. The Bertz CT molecular complexity index is 905. The fraction of sp³-hybridized carbons (Fsp3) is 0.800. The predicted molar refractivity (Wildman–Crippen MR) is 108 cm³/mol. The number of hydrogen-bond acceptors (Lipinski definition) is 5. The number of esters is 2. The van der Waals surface area contributed by atoms with Crippen molar-refractivity contribution in [3.63, 3.8) is 0 Å².